The van der Waals surface area contributed by atoms with Crippen molar-refractivity contribution in [3.05, 3.63) is 110 Å². The molecule has 0 heterocycles. The van der Waals surface area contributed by atoms with Crippen LogP contribution in [0.15, 0.2) is 110 Å². The molecule has 0 fully saturated rings. The summed E-state index contributed by atoms with van der Waals surface area (Å²) in [7, 11) is 0. The molecule has 25 heteroatoms. The number of rotatable bonds is 57. The van der Waals surface area contributed by atoms with Crippen molar-refractivity contribution in [3.8, 4) is 0 Å². The molecule has 0 unspecified atom stereocenters. The van der Waals surface area contributed by atoms with Gasteiger partial charge in [-0.05, 0) is 61.0 Å². The largest absolute Gasteiger partial charge is 0.492 e. The molecule has 0 saturated heterocycles. The number of hydrogen-bond acceptors (Lipinski definition) is 25. The SMILES string of the molecule is C=C(C)C(=C)OCCOCC(COCCOC(=O)C(=C)C)(COCCOC(=O)C(=C)C)COCC(COCCOC(=O)C(=C)C)(COCCOC(=O)C(=C)C)COCC(COCCOC(=O)C(=C)C)(COCCOC(=O)C(=C)C)COCCOC(=O)C(=C)C. The first kappa shape index (κ1) is 82.3. The molecule has 0 aliphatic rings. The maximum Gasteiger partial charge on any atom is 0.333 e. The molecule has 0 aromatic rings. The van der Waals surface area contributed by atoms with Crippen LogP contribution < -0.4 is 0 Å². The van der Waals surface area contributed by atoms with Crippen LogP contribution in [0.25, 0.3) is 0 Å². The van der Waals surface area contributed by atoms with E-state index in [4.69, 9.17) is 85.3 Å². The Kier molecular flexibility index (Phi) is 43.8. The minimum Gasteiger partial charge on any atom is -0.492 e. The van der Waals surface area contributed by atoms with Crippen molar-refractivity contribution in [2.45, 2.75) is 55.4 Å². The van der Waals surface area contributed by atoms with E-state index in [2.05, 4.69) is 59.2 Å². The molecule has 0 aliphatic heterocycles. The summed E-state index contributed by atoms with van der Waals surface area (Å²) in [4.78, 5) is 86.1. The van der Waals surface area contributed by atoms with Crippen molar-refractivity contribution in [2.75, 3.05) is 185 Å². The van der Waals surface area contributed by atoms with Gasteiger partial charge in [-0.15, -0.1) is 0 Å². The zero-order valence-electron chi connectivity index (χ0n) is 53.9. The normalized spacial score (nSPS) is 11.3. The van der Waals surface area contributed by atoms with Crippen LogP contribution in [0.5, 0.6) is 0 Å². The summed E-state index contributed by atoms with van der Waals surface area (Å²) in [5.74, 6) is -4.03. The minimum absolute atomic E-state index is 0.0592. The zero-order valence-corrected chi connectivity index (χ0v) is 53.9. The predicted octanol–water partition coefficient (Wildman–Crippen LogP) is 6.05. The summed E-state index contributed by atoms with van der Waals surface area (Å²) >= 11 is 0. The molecule has 0 N–H and O–H groups in total. The van der Waals surface area contributed by atoms with Gasteiger partial charge in [-0.3, -0.25) is 0 Å². The number of esters is 7. The van der Waals surface area contributed by atoms with Gasteiger partial charge < -0.3 is 85.3 Å². The van der Waals surface area contributed by atoms with Crippen molar-refractivity contribution in [2.24, 2.45) is 16.2 Å². The Labute approximate surface area is 525 Å². The Balaban J connectivity index is 7.81. The topological polar surface area (TPSA) is 286 Å². The highest BCUT2D eigenvalue weighted by molar-refractivity contribution is 5.89. The molecule has 0 bridgehead atoms. The quantitative estimate of drug-likeness (QED) is 0.0167. The summed E-state index contributed by atoms with van der Waals surface area (Å²) in [6.07, 6.45) is 0. The Hall–Kier alpha value is -6.65. The standard InChI is InChI=1S/C64H98O25/c1-46(2)54(17)82-26-18-72-34-62(35-73-19-27-83-55(65)47(3)4,36-74-20-28-84-56(66)48(5)6)42-80-44-64(40-78-24-32-88-60(70)52(13)14,41-79-25-33-89-61(71)53(15)16)45-81-43-63(37-75-21-29-85-57(67)49(7)8,38-76-22-30-86-58(68)50(9)10)39-77-23-31-87-59(69)51(11)12/h1,3,5,7,9,11,13,15,17-45H2,2,4,6,8,10,12,14,16H3. The smallest absolute Gasteiger partial charge is 0.333 e. The molecule has 0 saturated carbocycles. The molecule has 0 aromatic heterocycles. The second-order valence-corrected chi connectivity index (χ2v) is 21.4. The summed E-state index contributed by atoms with van der Waals surface area (Å²) in [6.45, 7) is 41.7. The second-order valence-electron chi connectivity index (χ2n) is 21.4. The van der Waals surface area contributed by atoms with Crippen LogP contribution in [0.4, 0.5) is 0 Å². The predicted molar refractivity (Wildman–Crippen MR) is 326 cm³/mol. The molecule has 504 valence electrons. The van der Waals surface area contributed by atoms with E-state index in [-0.39, 0.29) is 224 Å². The van der Waals surface area contributed by atoms with E-state index < -0.39 is 58.0 Å². The molecule has 0 atom stereocenters. The monoisotopic (exact) mass is 1270 g/mol. The lowest BCUT2D eigenvalue weighted by Crippen LogP contribution is -2.48. The van der Waals surface area contributed by atoms with E-state index in [1.165, 1.54) is 48.5 Å². The van der Waals surface area contributed by atoms with Crippen molar-refractivity contribution in [1.82, 2.24) is 0 Å². The minimum atomic E-state index is -1.31. The highest BCUT2D eigenvalue weighted by Gasteiger charge is 2.39. The fraction of sp³-hybridized carbons (Fsp3) is 0.609. The van der Waals surface area contributed by atoms with Crippen molar-refractivity contribution < 1.29 is 119 Å². The number of allylic oxidation sites excluding steroid dienone is 1. The summed E-state index contributed by atoms with van der Waals surface area (Å²) < 4.78 is 105. The van der Waals surface area contributed by atoms with Crippen molar-refractivity contribution in [3.63, 3.8) is 0 Å². The van der Waals surface area contributed by atoms with E-state index in [9.17, 15) is 33.6 Å². The molecule has 0 amide bonds. The van der Waals surface area contributed by atoms with Crippen LogP contribution in [0.3, 0.4) is 0 Å². The Morgan fingerprint density at radius 3 is 0.472 bits per heavy atom. The second kappa shape index (κ2) is 47.3. The lowest BCUT2D eigenvalue weighted by Gasteiger charge is -2.38. The number of carbonyl (C=O) groups is 7. The number of ether oxygens (including phenoxy) is 18. The van der Waals surface area contributed by atoms with E-state index >= 15 is 0 Å². The first-order valence-corrected chi connectivity index (χ1v) is 28.6. The average molecular weight is 1270 g/mol. The maximum absolute atomic E-state index is 12.4. The third kappa shape index (κ3) is 39.9. The molecule has 0 radical (unpaired) electrons. The van der Waals surface area contributed by atoms with Gasteiger partial charge in [0.15, 0.2) is 0 Å². The van der Waals surface area contributed by atoms with Crippen LogP contribution in [0, 0.1) is 16.2 Å². The van der Waals surface area contributed by atoms with Crippen molar-refractivity contribution >= 4 is 41.8 Å². The third-order valence-electron chi connectivity index (χ3n) is 11.5. The van der Waals surface area contributed by atoms with Crippen molar-refractivity contribution in [1.29, 1.82) is 0 Å². The molecule has 0 aromatic carbocycles. The lowest BCUT2D eigenvalue weighted by atomic mass is 9.89. The highest BCUT2D eigenvalue weighted by atomic mass is 16.6. The van der Waals surface area contributed by atoms with Crippen LogP contribution >= 0.6 is 0 Å². The van der Waals surface area contributed by atoms with Gasteiger partial charge in [0.05, 0.1) is 148 Å². The van der Waals surface area contributed by atoms with Gasteiger partial charge >= 0.3 is 41.8 Å². The molecule has 0 aliphatic carbocycles. The zero-order chi connectivity index (χ0) is 67.3. The van der Waals surface area contributed by atoms with Crippen LogP contribution in [0.1, 0.15) is 55.4 Å². The van der Waals surface area contributed by atoms with E-state index in [0.717, 1.165) is 0 Å². The fourth-order valence-corrected chi connectivity index (χ4v) is 6.59. The van der Waals surface area contributed by atoms with Crippen LogP contribution in [-0.4, -0.2) is 227 Å². The van der Waals surface area contributed by atoms with Gasteiger partial charge in [0.2, 0.25) is 0 Å². The number of hydrogen-bond donors (Lipinski definition) is 0. The Bertz CT molecular complexity index is 2010. The van der Waals surface area contributed by atoms with Gasteiger partial charge in [-0.25, -0.2) is 33.6 Å². The van der Waals surface area contributed by atoms with Gasteiger partial charge in [-0.1, -0.05) is 59.2 Å². The van der Waals surface area contributed by atoms with Gasteiger partial charge in [-0.2, -0.15) is 0 Å². The molecule has 25 nitrogen and oxygen atoms in total. The molecule has 0 rings (SSSR count). The first-order valence-electron chi connectivity index (χ1n) is 28.6. The third-order valence-corrected chi connectivity index (χ3v) is 11.5. The van der Waals surface area contributed by atoms with E-state index in [0.29, 0.717) is 11.3 Å². The van der Waals surface area contributed by atoms with Crippen LogP contribution in [-0.2, 0) is 119 Å². The van der Waals surface area contributed by atoms with Gasteiger partial charge in [0.25, 0.3) is 0 Å². The van der Waals surface area contributed by atoms with E-state index in [1.54, 1.807) is 6.92 Å². The van der Waals surface area contributed by atoms with Gasteiger partial charge in [0.1, 0.15) is 58.6 Å². The van der Waals surface area contributed by atoms with E-state index in [1.807, 2.05) is 0 Å². The Morgan fingerprint density at radius 2 is 0.337 bits per heavy atom. The first-order chi connectivity index (χ1) is 42.0. The lowest BCUT2D eigenvalue weighted by molar-refractivity contribution is -0.165. The molecular formula is C64H98O25. The molecule has 89 heavy (non-hydrogen) atoms. The summed E-state index contributed by atoms with van der Waals surface area (Å²) in [5, 5.41) is 0. The van der Waals surface area contributed by atoms with Crippen LogP contribution in [0.2, 0.25) is 0 Å². The Morgan fingerprint density at radius 1 is 0.202 bits per heavy atom. The molecular weight excluding hydrogens is 1170 g/mol. The molecule has 0 spiro atoms. The summed E-state index contributed by atoms with van der Waals surface area (Å²) in [6, 6.07) is 0. The number of carbonyl (C=O) groups excluding carboxylic acids is 7. The maximum atomic E-state index is 12.4. The van der Waals surface area contributed by atoms with Gasteiger partial charge in [0, 0.05) is 39.0 Å². The fourth-order valence-electron chi connectivity index (χ4n) is 6.59. The summed E-state index contributed by atoms with van der Waals surface area (Å²) in [5.41, 5.74) is -1.84. The average Bonchev–Trinajstić information content (AvgIpc) is 3.58. The highest BCUT2D eigenvalue weighted by Crippen LogP contribution is 2.28.